The van der Waals surface area contributed by atoms with E-state index in [2.05, 4.69) is 26.1 Å². The monoisotopic (exact) mass is 181 g/mol. The first-order chi connectivity index (χ1) is 6.16. The Morgan fingerprint density at radius 3 is 2.31 bits per heavy atom. The molecule has 2 aliphatic carbocycles. The van der Waals surface area contributed by atoms with Crippen molar-refractivity contribution in [2.45, 2.75) is 58.5 Å². The maximum Gasteiger partial charge on any atom is 0.0101 e. The molecule has 0 heterocycles. The molecule has 0 unspecified atom stereocenters. The van der Waals surface area contributed by atoms with E-state index in [0.717, 1.165) is 23.8 Å². The predicted octanol–water partition coefficient (Wildman–Crippen LogP) is 2.81. The molecule has 0 aromatic carbocycles. The minimum absolute atomic E-state index is 0.698. The molecule has 1 nitrogen and oxygen atoms in total. The van der Waals surface area contributed by atoms with Crippen molar-refractivity contribution >= 4 is 0 Å². The summed E-state index contributed by atoms with van der Waals surface area (Å²) in [5, 5.41) is 3.81. The fourth-order valence-corrected chi connectivity index (χ4v) is 2.98. The maximum atomic E-state index is 3.81. The van der Waals surface area contributed by atoms with Crippen molar-refractivity contribution < 1.29 is 0 Å². The summed E-state index contributed by atoms with van der Waals surface area (Å²) in [5.74, 6) is 2.87. The SMILES string of the molecule is CC(C)[C@H](C)N[C@@H]1C[C@H]2CC[C@H]1C2. The molecule has 13 heavy (non-hydrogen) atoms. The van der Waals surface area contributed by atoms with Gasteiger partial charge in [0.2, 0.25) is 0 Å². The Morgan fingerprint density at radius 2 is 1.85 bits per heavy atom. The molecule has 2 aliphatic rings. The average Bonchev–Trinajstić information content (AvgIpc) is 2.64. The number of hydrogen-bond acceptors (Lipinski definition) is 1. The molecule has 4 atom stereocenters. The smallest absolute Gasteiger partial charge is 0.0101 e. The summed E-state index contributed by atoms with van der Waals surface area (Å²) in [7, 11) is 0. The predicted molar refractivity (Wildman–Crippen MR) is 56.7 cm³/mol. The maximum absolute atomic E-state index is 3.81. The van der Waals surface area contributed by atoms with Gasteiger partial charge in [-0.2, -0.15) is 0 Å². The molecule has 2 bridgehead atoms. The van der Waals surface area contributed by atoms with E-state index in [0.29, 0.717) is 6.04 Å². The van der Waals surface area contributed by atoms with E-state index < -0.39 is 0 Å². The second-order valence-corrected chi connectivity index (χ2v) is 5.48. The lowest BCUT2D eigenvalue weighted by atomic mass is 9.93. The summed E-state index contributed by atoms with van der Waals surface area (Å²) in [6.45, 7) is 6.95. The van der Waals surface area contributed by atoms with Crippen molar-refractivity contribution in [3.05, 3.63) is 0 Å². The molecule has 2 saturated carbocycles. The molecule has 1 heteroatoms. The van der Waals surface area contributed by atoms with Crippen molar-refractivity contribution in [3.63, 3.8) is 0 Å². The molecule has 0 aromatic heterocycles. The first-order valence-corrected chi connectivity index (χ1v) is 5.93. The number of hydrogen-bond donors (Lipinski definition) is 1. The van der Waals surface area contributed by atoms with Gasteiger partial charge >= 0.3 is 0 Å². The van der Waals surface area contributed by atoms with Crippen molar-refractivity contribution in [2.24, 2.45) is 17.8 Å². The third-order valence-corrected chi connectivity index (χ3v) is 4.22. The van der Waals surface area contributed by atoms with Gasteiger partial charge in [-0.3, -0.25) is 0 Å². The van der Waals surface area contributed by atoms with Crippen LogP contribution in [0.15, 0.2) is 0 Å². The molecule has 0 spiro atoms. The van der Waals surface area contributed by atoms with Gasteiger partial charge in [-0.05, 0) is 43.9 Å². The molecular weight excluding hydrogens is 158 g/mol. The highest BCUT2D eigenvalue weighted by molar-refractivity contribution is 4.95. The van der Waals surface area contributed by atoms with E-state index >= 15 is 0 Å². The van der Waals surface area contributed by atoms with Gasteiger partial charge in [0.05, 0.1) is 0 Å². The Balaban J connectivity index is 1.83. The zero-order valence-electron chi connectivity index (χ0n) is 9.22. The van der Waals surface area contributed by atoms with Crippen LogP contribution in [0.5, 0.6) is 0 Å². The van der Waals surface area contributed by atoms with E-state index in [1.165, 1.54) is 25.7 Å². The van der Waals surface area contributed by atoms with Crippen LogP contribution < -0.4 is 5.32 Å². The third kappa shape index (κ3) is 1.90. The molecule has 2 rings (SSSR count). The van der Waals surface area contributed by atoms with Crippen LogP contribution in [-0.2, 0) is 0 Å². The number of fused-ring (bicyclic) bond motifs is 2. The van der Waals surface area contributed by atoms with Crippen molar-refractivity contribution in [3.8, 4) is 0 Å². The van der Waals surface area contributed by atoms with Crippen LogP contribution in [-0.4, -0.2) is 12.1 Å². The minimum Gasteiger partial charge on any atom is -0.311 e. The van der Waals surface area contributed by atoms with E-state index in [-0.39, 0.29) is 0 Å². The van der Waals surface area contributed by atoms with Crippen LogP contribution in [0.4, 0.5) is 0 Å². The quantitative estimate of drug-likeness (QED) is 0.706. The van der Waals surface area contributed by atoms with Gasteiger partial charge in [-0.1, -0.05) is 20.3 Å². The fourth-order valence-electron chi connectivity index (χ4n) is 2.98. The first-order valence-electron chi connectivity index (χ1n) is 5.93. The lowest BCUT2D eigenvalue weighted by Gasteiger charge is -2.28. The molecule has 2 fully saturated rings. The van der Waals surface area contributed by atoms with Crippen LogP contribution in [0.25, 0.3) is 0 Å². The number of rotatable bonds is 3. The van der Waals surface area contributed by atoms with Gasteiger partial charge in [0.25, 0.3) is 0 Å². The standard InChI is InChI=1S/C12H23N/c1-8(2)9(3)13-12-7-10-4-5-11(12)6-10/h8-13H,4-7H2,1-3H3/t9-,10-,11-,12+/m0/s1. The van der Waals surface area contributed by atoms with Crippen LogP contribution in [0.1, 0.15) is 46.5 Å². The average molecular weight is 181 g/mol. The molecule has 76 valence electrons. The van der Waals surface area contributed by atoms with E-state index in [1.807, 2.05) is 0 Å². The van der Waals surface area contributed by atoms with Gasteiger partial charge in [0, 0.05) is 12.1 Å². The van der Waals surface area contributed by atoms with Crippen LogP contribution >= 0.6 is 0 Å². The van der Waals surface area contributed by atoms with Crippen molar-refractivity contribution in [2.75, 3.05) is 0 Å². The summed E-state index contributed by atoms with van der Waals surface area (Å²) in [6, 6.07) is 1.56. The van der Waals surface area contributed by atoms with Gasteiger partial charge in [-0.25, -0.2) is 0 Å². The van der Waals surface area contributed by atoms with Crippen LogP contribution in [0.3, 0.4) is 0 Å². The Hall–Kier alpha value is -0.0400. The van der Waals surface area contributed by atoms with Gasteiger partial charge in [0.1, 0.15) is 0 Å². The fraction of sp³-hybridized carbons (Fsp3) is 1.00. The lowest BCUT2D eigenvalue weighted by Crippen LogP contribution is -2.42. The molecule has 0 radical (unpaired) electrons. The Labute approximate surface area is 82.3 Å². The third-order valence-electron chi connectivity index (χ3n) is 4.22. The van der Waals surface area contributed by atoms with Crippen LogP contribution in [0, 0.1) is 17.8 Å². The Morgan fingerprint density at radius 1 is 1.08 bits per heavy atom. The summed E-state index contributed by atoms with van der Waals surface area (Å²) in [6.07, 6.45) is 5.98. The first kappa shape index (κ1) is 9.51. The van der Waals surface area contributed by atoms with Gasteiger partial charge < -0.3 is 5.32 Å². The second kappa shape index (κ2) is 3.61. The highest BCUT2D eigenvalue weighted by Crippen LogP contribution is 2.44. The number of nitrogens with one attached hydrogen (secondary N) is 1. The molecular formula is C12H23N. The summed E-state index contributed by atoms with van der Waals surface area (Å²) < 4.78 is 0. The van der Waals surface area contributed by atoms with E-state index in [4.69, 9.17) is 0 Å². The molecule has 1 N–H and O–H groups in total. The van der Waals surface area contributed by atoms with Crippen molar-refractivity contribution in [1.29, 1.82) is 0 Å². The summed E-state index contributed by atoms with van der Waals surface area (Å²) in [4.78, 5) is 0. The van der Waals surface area contributed by atoms with Crippen LogP contribution in [0.2, 0.25) is 0 Å². The summed E-state index contributed by atoms with van der Waals surface area (Å²) in [5.41, 5.74) is 0. The topological polar surface area (TPSA) is 12.0 Å². The summed E-state index contributed by atoms with van der Waals surface area (Å²) >= 11 is 0. The largest absolute Gasteiger partial charge is 0.311 e. The normalized spacial score (nSPS) is 40.2. The van der Waals surface area contributed by atoms with Gasteiger partial charge in [-0.15, -0.1) is 0 Å². The minimum atomic E-state index is 0.698. The van der Waals surface area contributed by atoms with E-state index in [9.17, 15) is 0 Å². The Bertz CT molecular complexity index is 176. The highest BCUT2D eigenvalue weighted by atomic mass is 15.0. The van der Waals surface area contributed by atoms with E-state index in [1.54, 1.807) is 0 Å². The molecule has 0 saturated heterocycles. The molecule has 0 aliphatic heterocycles. The lowest BCUT2D eigenvalue weighted by molar-refractivity contribution is 0.294. The second-order valence-electron chi connectivity index (χ2n) is 5.48. The van der Waals surface area contributed by atoms with Gasteiger partial charge in [0.15, 0.2) is 0 Å². The highest BCUT2D eigenvalue weighted by Gasteiger charge is 2.39. The molecule has 0 amide bonds. The Kier molecular flexibility index (Phi) is 2.64. The molecule has 0 aromatic rings. The zero-order chi connectivity index (χ0) is 9.42. The zero-order valence-corrected chi connectivity index (χ0v) is 9.22. The van der Waals surface area contributed by atoms with Crippen molar-refractivity contribution in [1.82, 2.24) is 5.32 Å².